The first-order chi connectivity index (χ1) is 9.43. The van der Waals surface area contributed by atoms with Gasteiger partial charge in [0.15, 0.2) is 0 Å². The fraction of sp³-hybridized carbons (Fsp3) is 0.571. The Balaban J connectivity index is 2.58. The Bertz CT molecular complexity index is 432. The second-order valence-corrected chi connectivity index (χ2v) is 6.09. The van der Waals surface area contributed by atoms with E-state index in [2.05, 4.69) is 10.6 Å². The number of aliphatic carboxylic acids is 1. The average molecular weight is 298 g/mol. The summed E-state index contributed by atoms with van der Waals surface area (Å²) in [6.45, 7) is 5.83. The van der Waals surface area contributed by atoms with Crippen molar-refractivity contribution in [1.29, 1.82) is 0 Å². The van der Waals surface area contributed by atoms with Crippen LogP contribution in [-0.2, 0) is 4.79 Å². The molecule has 6 heteroatoms. The Morgan fingerprint density at radius 1 is 1.35 bits per heavy atom. The third kappa shape index (κ3) is 5.21. The molecule has 0 radical (unpaired) electrons. The van der Waals surface area contributed by atoms with E-state index < -0.39 is 18.0 Å². The van der Waals surface area contributed by atoms with Crippen molar-refractivity contribution in [3.8, 4) is 0 Å². The third-order valence-corrected chi connectivity index (χ3v) is 3.90. The van der Waals surface area contributed by atoms with Crippen molar-refractivity contribution in [2.24, 2.45) is 5.92 Å². The van der Waals surface area contributed by atoms with Crippen molar-refractivity contribution in [3.63, 3.8) is 0 Å². The van der Waals surface area contributed by atoms with Gasteiger partial charge >= 0.3 is 12.0 Å². The molecule has 1 aromatic heterocycles. The number of carboxylic acid groups (broad SMARTS) is 1. The highest BCUT2D eigenvalue weighted by Crippen LogP contribution is 2.21. The quantitative estimate of drug-likeness (QED) is 0.724. The van der Waals surface area contributed by atoms with Crippen LogP contribution in [0.3, 0.4) is 0 Å². The van der Waals surface area contributed by atoms with Crippen molar-refractivity contribution in [2.75, 3.05) is 0 Å². The van der Waals surface area contributed by atoms with Crippen LogP contribution >= 0.6 is 11.3 Å². The van der Waals surface area contributed by atoms with Crippen molar-refractivity contribution in [2.45, 2.75) is 45.7 Å². The van der Waals surface area contributed by atoms with Crippen LogP contribution in [0, 0.1) is 5.92 Å². The summed E-state index contributed by atoms with van der Waals surface area (Å²) >= 11 is 1.57. The molecule has 0 fully saturated rings. The SMILES string of the molecule is CCC(NC(=O)NC(CC(C)C)C(=O)O)c1cccs1. The van der Waals surface area contributed by atoms with E-state index in [1.807, 2.05) is 38.3 Å². The summed E-state index contributed by atoms with van der Waals surface area (Å²) in [5.41, 5.74) is 0. The van der Waals surface area contributed by atoms with Crippen molar-refractivity contribution in [3.05, 3.63) is 22.4 Å². The van der Waals surface area contributed by atoms with Crippen LogP contribution in [0.15, 0.2) is 17.5 Å². The summed E-state index contributed by atoms with van der Waals surface area (Å²) in [6.07, 6.45) is 1.17. The van der Waals surface area contributed by atoms with E-state index in [0.29, 0.717) is 6.42 Å². The third-order valence-electron chi connectivity index (χ3n) is 2.91. The van der Waals surface area contributed by atoms with E-state index in [-0.39, 0.29) is 12.0 Å². The van der Waals surface area contributed by atoms with Crippen LogP contribution in [0.25, 0.3) is 0 Å². The summed E-state index contributed by atoms with van der Waals surface area (Å²) in [6, 6.07) is 2.53. The van der Waals surface area contributed by atoms with Crippen molar-refractivity contribution >= 4 is 23.3 Å². The van der Waals surface area contributed by atoms with Gasteiger partial charge in [0, 0.05) is 4.88 Å². The minimum absolute atomic E-state index is 0.0801. The zero-order valence-corrected chi connectivity index (χ0v) is 12.9. The molecular weight excluding hydrogens is 276 g/mol. The lowest BCUT2D eigenvalue weighted by Gasteiger charge is -2.20. The zero-order valence-electron chi connectivity index (χ0n) is 12.1. The molecule has 0 aromatic carbocycles. The predicted molar refractivity (Wildman–Crippen MR) is 79.9 cm³/mol. The molecule has 0 spiro atoms. The maximum atomic E-state index is 11.9. The molecule has 3 N–H and O–H groups in total. The van der Waals surface area contributed by atoms with Crippen LogP contribution in [-0.4, -0.2) is 23.1 Å². The van der Waals surface area contributed by atoms with Gasteiger partial charge in [0.05, 0.1) is 6.04 Å². The van der Waals surface area contributed by atoms with Crippen LogP contribution in [0.4, 0.5) is 4.79 Å². The molecule has 2 unspecified atom stereocenters. The normalized spacial score (nSPS) is 13.8. The van der Waals surface area contributed by atoms with Gasteiger partial charge in [-0.15, -0.1) is 11.3 Å². The Morgan fingerprint density at radius 2 is 2.05 bits per heavy atom. The molecule has 2 amide bonds. The number of thiophene rings is 1. The van der Waals surface area contributed by atoms with Crippen molar-refractivity contribution in [1.82, 2.24) is 10.6 Å². The fourth-order valence-electron chi connectivity index (χ4n) is 1.91. The number of hydrogen-bond acceptors (Lipinski definition) is 3. The highest BCUT2D eigenvalue weighted by molar-refractivity contribution is 7.10. The van der Waals surface area contributed by atoms with Gasteiger partial charge in [-0.2, -0.15) is 0 Å². The number of hydrogen-bond donors (Lipinski definition) is 3. The van der Waals surface area contributed by atoms with Gasteiger partial charge in [0.25, 0.3) is 0 Å². The molecule has 1 rings (SSSR count). The summed E-state index contributed by atoms with van der Waals surface area (Å²) in [5.74, 6) is -0.798. The number of rotatable bonds is 7. The minimum Gasteiger partial charge on any atom is -0.480 e. The standard InChI is InChI=1S/C14H22N2O3S/c1-4-10(12-6-5-7-20-12)15-14(19)16-11(13(17)18)8-9(2)3/h5-7,9-11H,4,8H2,1-3H3,(H,17,18)(H2,15,16,19). The first kappa shape index (κ1) is 16.5. The molecule has 0 bridgehead atoms. The summed E-state index contributed by atoms with van der Waals surface area (Å²) in [5, 5.41) is 16.4. The largest absolute Gasteiger partial charge is 0.480 e. The van der Waals surface area contributed by atoms with Crippen LogP contribution in [0.2, 0.25) is 0 Å². The molecule has 0 aliphatic carbocycles. The second-order valence-electron chi connectivity index (χ2n) is 5.11. The predicted octanol–water partition coefficient (Wildman–Crippen LogP) is 3.00. The lowest BCUT2D eigenvalue weighted by Crippen LogP contribution is -2.47. The summed E-state index contributed by atoms with van der Waals surface area (Å²) in [4.78, 5) is 24.1. The monoisotopic (exact) mass is 298 g/mol. The number of urea groups is 1. The minimum atomic E-state index is -1.00. The number of nitrogens with one attached hydrogen (secondary N) is 2. The highest BCUT2D eigenvalue weighted by Gasteiger charge is 2.22. The van der Waals surface area contributed by atoms with Gasteiger partial charge in [0.2, 0.25) is 0 Å². The van der Waals surface area contributed by atoms with E-state index in [0.717, 1.165) is 11.3 Å². The molecule has 0 saturated heterocycles. The van der Waals surface area contributed by atoms with Crippen LogP contribution in [0.5, 0.6) is 0 Å². The Hall–Kier alpha value is -1.56. The van der Waals surface area contributed by atoms with Gasteiger partial charge in [-0.3, -0.25) is 0 Å². The van der Waals surface area contributed by atoms with Crippen LogP contribution < -0.4 is 10.6 Å². The molecule has 2 atom stereocenters. The Kier molecular flexibility index (Phi) is 6.51. The van der Waals surface area contributed by atoms with E-state index >= 15 is 0 Å². The lowest BCUT2D eigenvalue weighted by atomic mass is 10.0. The maximum Gasteiger partial charge on any atom is 0.326 e. The lowest BCUT2D eigenvalue weighted by molar-refractivity contribution is -0.139. The molecule has 112 valence electrons. The molecule has 0 saturated carbocycles. The molecule has 0 aliphatic rings. The van der Waals surface area contributed by atoms with Gasteiger partial charge < -0.3 is 15.7 Å². The number of carboxylic acids is 1. The molecular formula is C14H22N2O3S. The zero-order chi connectivity index (χ0) is 15.1. The molecule has 1 heterocycles. The van der Waals surface area contributed by atoms with E-state index in [4.69, 9.17) is 5.11 Å². The maximum absolute atomic E-state index is 11.9. The molecule has 5 nitrogen and oxygen atoms in total. The second kappa shape index (κ2) is 7.89. The first-order valence-electron chi connectivity index (χ1n) is 6.77. The molecule has 1 aromatic rings. The van der Waals surface area contributed by atoms with E-state index in [1.165, 1.54) is 0 Å². The van der Waals surface area contributed by atoms with Crippen molar-refractivity contribution < 1.29 is 14.7 Å². The molecule has 20 heavy (non-hydrogen) atoms. The average Bonchev–Trinajstić information content (AvgIpc) is 2.88. The number of carbonyl (C=O) groups excluding carboxylic acids is 1. The number of carbonyl (C=O) groups is 2. The smallest absolute Gasteiger partial charge is 0.326 e. The van der Waals surface area contributed by atoms with Gasteiger partial charge in [0.1, 0.15) is 6.04 Å². The summed E-state index contributed by atoms with van der Waals surface area (Å²) in [7, 11) is 0. The van der Waals surface area contributed by atoms with Gasteiger partial charge in [-0.25, -0.2) is 9.59 Å². The van der Waals surface area contributed by atoms with Crippen LogP contribution in [0.1, 0.15) is 44.5 Å². The number of amides is 2. The van der Waals surface area contributed by atoms with E-state index in [9.17, 15) is 9.59 Å². The van der Waals surface area contributed by atoms with E-state index in [1.54, 1.807) is 11.3 Å². The fourth-order valence-corrected chi connectivity index (χ4v) is 2.78. The highest BCUT2D eigenvalue weighted by atomic mass is 32.1. The Morgan fingerprint density at radius 3 is 2.50 bits per heavy atom. The first-order valence-corrected chi connectivity index (χ1v) is 7.65. The van der Waals surface area contributed by atoms with Gasteiger partial charge in [-0.1, -0.05) is 26.8 Å². The Labute approximate surface area is 123 Å². The van der Waals surface area contributed by atoms with Gasteiger partial charge in [-0.05, 0) is 30.2 Å². The molecule has 0 aliphatic heterocycles. The topological polar surface area (TPSA) is 78.4 Å². The summed E-state index contributed by atoms with van der Waals surface area (Å²) < 4.78 is 0.